The Labute approximate surface area is 171 Å². The van der Waals surface area contributed by atoms with E-state index < -0.39 is 54.4 Å². The van der Waals surface area contributed by atoms with Crippen LogP contribution in [0.25, 0.3) is 0 Å². The van der Waals surface area contributed by atoms with Crippen LogP contribution in [0.4, 0.5) is 0 Å². The summed E-state index contributed by atoms with van der Waals surface area (Å²) in [6.07, 6.45) is -2.80. The van der Waals surface area contributed by atoms with Crippen molar-refractivity contribution in [3.8, 4) is 0 Å². The molecule has 166 valence electrons. The fraction of sp³-hybridized carbons (Fsp3) is 0.650. The van der Waals surface area contributed by atoms with Crippen LogP contribution >= 0.6 is 0 Å². The van der Waals surface area contributed by atoms with Gasteiger partial charge in [-0.3, -0.25) is 14.4 Å². The van der Waals surface area contributed by atoms with Crippen LogP contribution in [0.1, 0.15) is 33.6 Å². The van der Waals surface area contributed by atoms with Crippen LogP contribution in [-0.2, 0) is 19.1 Å². The Kier molecular flexibility index (Phi) is 11.6. The number of carbonyl (C=O) groups excluding carboxylic acids is 3. The van der Waals surface area contributed by atoms with Gasteiger partial charge in [0, 0.05) is 26.5 Å². The largest absolute Gasteiger partial charge is 0.387 e. The van der Waals surface area contributed by atoms with Crippen LogP contribution in [0.2, 0.25) is 0 Å². The van der Waals surface area contributed by atoms with Gasteiger partial charge in [-0.25, -0.2) is 0 Å². The highest BCUT2D eigenvalue weighted by molar-refractivity contribution is 5.92. The molecule has 0 aliphatic rings. The predicted molar refractivity (Wildman–Crippen MR) is 108 cm³/mol. The SMILES string of the molecule is C=CCNC(=O)[C@H](CC(N)=O)CC(=O)[C@H](OC)[C@H](O)[C@@H](O)[C@H](O)/C=C/C(C)(C)C. The molecule has 0 fully saturated rings. The minimum absolute atomic E-state index is 0.142. The maximum Gasteiger partial charge on any atom is 0.224 e. The molecule has 0 heterocycles. The Bertz CT molecular complexity index is 598. The van der Waals surface area contributed by atoms with Crippen molar-refractivity contribution < 1.29 is 34.4 Å². The second-order valence-electron chi connectivity index (χ2n) is 7.92. The lowest BCUT2D eigenvalue weighted by molar-refractivity contribution is -0.149. The molecule has 6 N–H and O–H groups in total. The fourth-order valence-corrected chi connectivity index (χ4v) is 2.52. The van der Waals surface area contributed by atoms with Gasteiger partial charge in [0.25, 0.3) is 0 Å². The van der Waals surface area contributed by atoms with Crippen LogP contribution in [0, 0.1) is 11.3 Å². The molecule has 0 unspecified atom stereocenters. The van der Waals surface area contributed by atoms with Gasteiger partial charge in [0.2, 0.25) is 11.8 Å². The molecule has 0 saturated carbocycles. The van der Waals surface area contributed by atoms with E-state index in [0.29, 0.717) is 0 Å². The highest BCUT2D eigenvalue weighted by atomic mass is 16.5. The van der Waals surface area contributed by atoms with Crippen molar-refractivity contribution in [1.82, 2.24) is 5.32 Å². The van der Waals surface area contributed by atoms with E-state index >= 15 is 0 Å². The molecule has 0 aromatic rings. The number of aliphatic hydroxyl groups is 3. The first-order chi connectivity index (χ1) is 13.3. The van der Waals surface area contributed by atoms with Gasteiger partial charge in [0.1, 0.15) is 24.4 Å². The number of rotatable bonds is 13. The number of hydrogen-bond acceptors (Lipinski definition) is 7. The van der Waals surface area contributed by atoms with Crippen LogP contribution in [0.15, 0.2) is 24.8 Å². The van der Waals surface area contributed by atoms with Crippen LogP contribution in [0.5, 0.6) is 0 Å². The number of nitrogens with one attached hydrogen (secondary N) is 1. The fourth-order valence-electron chi connectivity index (χ4n) is 2.52. The van der Waals surface area contributed by atoms with Gasteiger partial charge in [-0.2, -0.15) is 0 Å². The summed E-state index contributed by atoms with van der Waals surface area (Å²) >= 11 is 0. The Morgan fingerprint density at radius 1 is 1.14 bits per heavy atom. The van der Waals surface area contributed by atoms with Gasteiger partial charge in [-0.1, -0.05) is 39.0 Å². The molecule has 5 atom stereocenters. The van der Waals surface area contributed by atoms with Gasteiger partial charge in [0.15, 0.2) is 5.78 Å². The Hall–Kier alpha value is -2.07. The molecule has 0 aliphatic carbocycles. The summed E-state index contributed by atoms with van der Waals surface area (Å²) in [5, 5.41) is 33.1. The van der Waals surface area contributed by atoms with E-state index in [-0.39, 0.29) is 18.4 Å². The number of hydrogen-bond donors (Lipinski definition) is 5. The van der Waals surface area contributed by atoms with Crippen molar-refractivity contribution in [1.29, 1.82) is 0 Å². The molecule has 9 nitrogen and oxygen atoms in total. The smallest absolute Gasteiger partial charge is 0.224 e. The number of aliphatic hydroxyl groups excluding tert-OH is 3. The molecule has 29 heavy (non-hydrogen) atoms. The van der Waals surface area contributed by atoms with Crippen molar-refractivity contribution in [3.63, 3.8) is 0 Å². The lowest BCUT2D eigenvalue weighted by Gasteiger charge is -2.28. The minimum atomic E-state index is -1.75. The molecule has 0 aliphatic heterocycles. The number of carbonyl (C=O) groups is 3. The van der Waals surface area contributed by atoms with Gasteiger partial charge >= 0.3 is 0 Å². The number of ether oxygens (including phenoxy) is 1. The van der Waals surface area contributed by atoms with E-state index in [4.69, 9.17) is 10.5 Å². The summed E-state index contributed by atoms with van der Waals surface area (Å²) in [5.41, 5.74) is 4.89. The standard InChI is InChI=1S/C20H34N2O7/c1-6-9-22-19(28)12(11-15(21)25)10-14(24)18(29-5)17(27)16(26)13(23)7-8-20(2,3)4/h6-8,12-13,16-18,23,26-27H,1,9-11H2,2-5H3,(H2,21,25)(H,22,28)/b8-7+/t12-,13+,16-,17+,18-/m0/s1. The van der Waals surface area contributed by atoms with Crippen LogP contribution in [0.3, 0.4) is 0 Å². The zero-order chi connectivity index (χ0) is 22.8. The predicted octanol–water partition coefficient (Wildman–Crippen LogP) is -0.561. The van der Waals surface area contributed by atoms with E-state index in [1.54, 1.807) is 6.08 Å². The zero-order valence-corrected chi connectivity index (χ0v) is 17.5. The normalized spacial score (nSPS) is 17.2. The summed E-state index contributed by atoms with van der Waals surface area (Å²) in [6, 6.07) is 0. The van der Waals surface area contributed by atoms with E-state index in [1.807, 2.05) is 20.8 Å². The molecule has 0 spiro atoms. The first kappa shape index (κ1) is 26.9. The number of ketones is 1. The molecule has 2 amide bonds. The minimum Gasteiger partial charge on any atom is -0.387 e. The number of nitrogens with two attached hydrogens (primary N) is 1. The Balaban J connectivity index is 5.26. The molecule has 0 radical (unpaired) electrons. The molecular weight excluding hydrogens is 380 g/mol. The third-order valence-corrected chi connectivity index (χ3v) is 4.06. The lowest BCUT2D eigenvalue weighted by Crippen LogP contribution is -2.49. The van der Waals surface area contributed by atoms with Crippen molar-refractivity contribution in [2.24, 2.45) is 17.1 Å². The van der Waals surface area contributed by atoms with Crippen molar-refractivity contribution in [2.75, 3.05) is 13.7 Å². The van der Waals surface area contributed by atoms with E-state index in [0.717, 1.165) is 7.11 Å². The maximum absolute atomic E-state index is 12.6. The number of allylic oxidation sites excluding steroid dienone is 1. The van der Waals surface area contributed by atoms with E-state index in [2.05, 4.69) is 11.9 Å². The van der Waals surface area contributed by atoms with Gasteiger partial charge in [-0.05, 0) is 5.41 Å². The molecule has 9 heteroatoms. The second-order valence-corrected chi connectivity index (χ2v) is 7.92. The average Bonchev–Trinajstić information content (AvgIpc) is 2.62. The van der Waals surface area contributed by atoms with Gasteiger partial charge in [-0.15, -0.1) is 6.58 Å². The number of amides is 2. The van der Waals surface area contributed by atoms with Gasteiger partial charge in [0.05, 0.1) is 5.92 Å². The number of Topliss-reactive ketones (excluding diaryl/α,β-unsaturated/α-hetero) is 1. The average molecular weight is 414 g/mol. The summed E-state index contributed by atoms with van der Waals surface area (Å²) < 4.78 is 5.00. The molecule has 0 bridgehead atoms. The summed E-state index contributed by atoms with van der Waals surface area (Å²) in [7, 11) is 1.15. The summed E-state index contributed by atoms with van der Waals surface area (Å²) in [5.74, 6) is -3.12. The monoisotopic (exact) mass is 414 g/mol. The Morgan fingerprint density at radius 3 is 2.17 bits per heavy atom. The molecule has 0 saturated heterocycles. The zero-order valence-electron chi connectivity index (χ0n) is 17.5. The van der Waals surface area contributed by atoms with E-state index in [1.165, 1.54) is 12.2 Å². The second kappa shape index (κ2) is 12.5. The first-order valence-electron chi connectivity index (χ1n) is 9.30. The lowest BCUT2D eigenvalue weighted by atomic mass is 9.90. The summed E-state index contributed by atoms with van der Waals surface area (Å²) in [6.45, 7) is 9.26. The topological polar surface area (TPSA) is 159 Å². The van der Waals surface area contributed by atoms with Crippen LogP contribution in [-0.4, -0.2) is 71.0 Å². The van der Waals surface area contributed by atoms with Crippen molar-refractivity contribution in [3.05, 3.63) is 24.8 Å². The molecule has 0 aromatic carbocycles. The third-order valence-electron chi connectivity index (χ3n) is 4.06. The summed E-state index contributed by atoms with van der Waals surface area (Å²) in [4.78, 5) is 36.0. The van der Waals surface area contributed by atoms with E-state index in [9.17, 15) is 29.7 Å². The third kappa shape index (κ3) is 10.3. The Morgan fingerprint density at radius 2 is 1.72 bits per heavy atom. The van der Waals surface area contributed by atoms with Crippen LogP contribution < -0.4 is 11.1 Å². The highest BCUT2D eigenvalue weighted by Gasteiger charge is 2.37. The quantitative estimate of drug-likeness (QED) is 0.253. The molecular formula is C20H34N2O7. The maximum atomic E-state index is 12.6. The van der Waals surface area contributed by atoms with Crippen molar-refractivity contribution in [2.45, 2.75) is 58.0 Å². The number of primary amides is 1. The van der Waals surface area contributed by atoms with Gasteiger partial charge < -0.3 is 31.1 Å². The van der Waals surface area contributed by atoms with Crippen molar-refractivity contribution >= 4 is 17.6 Å². The first-order valence-corrected chi connectivity index (χ1v) is 9.30. The highest BCUT2D eigenvalue weighted by Crippen LogP contribution is 2.19. The number of methoxy groups -OCH3 is 1. The molecule has 0 rings (SSSR count). The molecule has 0 aromatic heterocycles.